The predicted octanol–water partition coefficient (Wildman–Crippen LogP) is 0.668. The van der Waals surface area contributed by atoms with Crippen molar-refractivity contribution in [2.45, 2.75) is 44.6 Å². The topological polar surface area (TPSA) is 49.4 Å². The second-order valence-corrected chi connectivity index (χ2v) is 5.33. The average Bonchev–Trinajstić information content (AvgIpc) is 3.18. The van der Waals surface area contributed by atoms with Gasteiger partial charge in [0, 0.05) is 19.1 Å². The fourth-order valence-electron chi connectivity index (χ4n) is 2.44. The predicted molar refractivity (Wildman–Crippen MR) is 58.6 cm³/mol. The van der Waals surface area contributed by atoms with Crippen LogP contribution < -0.4 is 5.32 Å². The fraction of sp³-hybridized carbons (Fsp3) is 0.833. The molecule has 4 nitrogen and oxygen atoms in total. The molecule has 1 heterocycles. The van der Waals surface area contributed by atoms with Gasteiger partial charge in [0.05, 0.1) is 0 Å². The van der Waals surface area contributed by atoms with Gasteiger partial charge in [0.25, 0.3) is 0 Å². The summed E-state index contributed by atoms with van der Waals surface area (Å²) in [5.74, 6) is 0.0788. The minimum Gasteiger partial charge on any atom is -0.352 e. The lowest BCUT2D eigenvalue weighted by molar-refractivity contribution is -0.143. The average molecular weight is 222 g/mol. The maximum absolute atomic E-state index is 12.2. The summed E-state index contributed by atoms with van der Waals surface area (Å²) in [6.45, 7) is 1.69. The van der Waals surface area contributed by atoms with Crippen molar-refractivity contribution >= 4 is 11.8 Å². The van der Waals surface area contributed by atoms with Gasteiger partial charge in [0.15, 0.2) is 0 Å². The number of nitrogens with one attached hydrogen (secondary N) is 1. The largest absolute Gasteiger partial charge is 0.352 e. The Kier molecular flexibility index (Phi) is 2.19. The third-order valence-corrected chi connectivity index (χ3v) is 3.90. The van der Waals surface area contributed by atoms with Crippen molar-refractivity contribution in [2.24, 2.45) is 5.41 Å². The first-order valence-electron chi connectivity index (χ1n) is 6.33. The molecule has 0 aromatic heterocycles. The Morgan fingerprint density at radius 3 is 2.25 bits per heavy atom. The van der Waals surface area contributed by atoms with Crippen molar-refractivity contribution in [1.82, 2.24) is 10.2 Å². The highest BCUT2D eigenvalue weighted by molar-refractivity contribution is 6.08. The van der Waals surface area contributed by atoms with Gasteiger partial charge in [-0.25, -0.2) is 0 Å². The molecule has 0 aromatic rings. The third kappa shape index (κ3) is 1.60. The van der Waals surface area contributed by atoms with Crippen LogP contribution in [0.25, 0.3) is 0 Å². The van der Waals surface area contributed by atoms with Crippen molar-refractivity contribution in [3.63, 3.8) is 0 Å². The van der Waals surface area contributed by atoms with E-state index in [2.05, 4.69) is 5.32 Å². The lowest BCUT2D eigenvalue weighted by Crippen LogP contribution is -2.44. The molecule has 0 unspecified atom stereocenters. The van der Waals surface area contributed by atoms with Crippen LogP contribution in [-0.4, -0.2) is 35.8 Å². The molecule has 3 fully saturated rings. The van der Waals surface area contributed by atoms with Crippen LogP contribution >= 0.6 is 0 Å². The highest BCUT2D eigenvalue weighted by atomic mass is 16.2. The molecule has 2 aliphatic carbocycles. The van der Waals surface area contributed by atoms with E-state index in [1.807, 2.05) is 4.90 Å². The number of carbonyl (C=O) groups is 2. The summed E-state index contributed by atoms with van der Waals surface area (Å²) in [5, 5.41) is 2.97. The van der Waals surface area contributed by atoms with E-state index < -0.39 is 5.41 Å². The van der Waals surface area contributed by atoms with Crippen molar-refractivity contribution in [1.29, 1.82) is 0 Å². The molecule has 0 radical (unpaired) electrons. The van der Waals surface area contributed by atoms with E-state index in [0.717, 1.165) is 51.6 Å². The van der Waals surface area contributed by atoms with Crippen molar-refractivity contribution in [3.8, 4) is 0 Å². The Bertz CT molecular complexity index is 326. The number of nitrogens with zero attached hydrogens (tertiary/aromatic N) is 1. The summed E-state index contributed by atoms with van der Waals surface area (Å²) >= 11 is 0. The second kappa shape index (κ2) is 3.47. The second-order valence-electron chi connectivity index (χ2n) is 5.33. The van der Waals surface area contributed by atoms with Gasteiger partial charge in [-0.2, -0.15) is 0 Å². The molecule has 1 aliphatic heterocycles. The van der Waals surface area contributed by atoms with Gasteiger partial charge in [-0.15, -0.1) is 0 Å². The van der Waals surface area contributed by atoms with Gasteiger partial charge in [0.1, 0.15) is 5.41 Å². The van der Waals surface area contributed by atoms with Gasteiger partial charge in [-0.3, -0.25) is 9.59 Å². The molecule has 3 rings (SSSR count). The molecule has 88 valence electrons. The molecule has 1 N–H and O–H groups in total. The zero-order chi connectivity index (χ0) is 11.2. The van der Waals surface area contributed by atoms with Crippen LogP contribution in [0.1, 0.15) is 38.5 Å². The van der Waals surface area contributed by atoms with Crippen LogP contribution in [0.4, 0.5) is 0 Å². The Hall–Kier alpha value is -1.06. The van der Waals surface area contributed by atoms with Crippen LogP contribution in [0.3, 0.4) is 0 Å². The Balaban J connectivity index is 1.66. The normalized spacial score (nSPS) is 26.6. The highest BCUT2D eigenvalue weighted by Crippen LogP contribution is 2.48. The van der Waals surface area contributed by atoms with E-state index in [4.69, 9.17) is 0 Å². The smallest absolute Gasteiger partial charge is 0.238 e. The van der Waals surface area contributed by atoms with Gasteiger partial charge >= 0.3 is 0 Å². The van der Waals surface area contributed by atoms with Gasteiger partial charge in [-0.1, -0.05) is 0 Å². The summed E-state index contributed by atoms with van der Waals surface area (Å²) in [4.78, 5) is 26.1. The fourth-order valence-corrected chi connectivity index (χ4v) is 2.44. The number of likely N-dealkylation sites (tertiary alicyclic amines) is 1. The number of carbonyl (C=O) groups excluding carboxylic acids is 2. The van der Waals surface area contributed by atoms with Gasteiger partial charge < -0.3 is 10.2 Å². The first kappa shape index (κ1) is 10.1. The molecule has 0 atom stereocenters. The SMILES string of the molecule is O=C(NC1CC1)C1(C(=O)N2CCCC2)CC1. The summed E-state index contributed by atoms with van der Waals surface area (Å²) < 4.78 is 0. The minimum atomic E-state index is -0.660. The van der Waals surface area contributed by atoms with Crippen LogP contribution in [0, 0.1) is 5.41 Å². The monoisotopic (exact) mass is 222 g/mol. The zero-order valence-corrected chi connectivity index (χ0v) is 9.50. The number of hydrogen-bond donors (Lipinski definition) is 1. The molecule has 2 saturated carbocycles. The molecule has 0 spiro atoms. The molecular weight excluding hydrogens is 204 g/mol. The van der Waals surface area contributed by atoms with Crippen molar-refractivity contribution in [3.05, 3.63) is 0 Å². The Morgan fingerprint density at radius 1 is 1.12 bits per heavy atom. The third-order valence-electron chi connectivity index (χ3n) is 3.90. The molecule has 0 bridgehead atoms. The van der Waals surface area contributed by atoms with E-state index in [9.17, 15) is 9.59 Å². The molecule has 16 heavy (non-hydrogen) atoms. The highest BCUT2D eigenvalue weighted by Gasteiger charge is 2.58. The van der Waals surface area contributed by atoms with E-state index in [-0.39, 0.29) is 11.8 Å². The number of hydrogen-bond acceptors (Lipinski definition) is 2. The lowest BCUT2D eigenvalue weighted by atomic mass is 10.0. The molecule has 2 amide bonds. The van der Waals surface area contributed by atoms with Crippen molar-refractivity contribution in [2.75, 3.05) is 13.1 Å². The first-order valence-corrected chi connectivity index (χ1v) is 6.33. The number of rotatable bonds is 3. The molecule has 0 aromatic carbocycles. The van der Waals surface area contributed by atoms with Crippen LogP contribution in [0.2, 0.25) is 0 Å². The Labute approximate surface area is 95.4 Å². The quantitative estimate of drug-likeness (QED) is 0.713. The van der Waals surface area contributed by atoms with Crippen LogP contribution in [-0.2, 0) is 9.59 Å². The van der Waals surface area contributed by atoms with Gasteiger partial charge in [0.2, 0.25) is 11.8 Å². The maximum Gasteiger partial charge on any atom is 0.238 e. The lowest BCUT2D eigenvalue weighted by Gasteiger charge is -2.22. The number of amides is 2. The van der Waals surface area contributed by atoms with E-state index >= 15 is 0 Å². The van der Waals surface area contributed by atoms with Gasteiger partial charge in [-0.05, 0) is 38.5 Å². The molecule has 4 heteroatoms. The van der Waals surface area contributed by atoms with Crippen LogP contribution in [0.15, 0.2) is 0 Å². The standard InChI is InChI=1S/C12H18N2O2/c15-10(13-9-3-4-9)12(5-6-12)11(16)14-7-1-2-8-14/h9H,1-8H2,(H,13,15). The summed E-state index contributed by atoms with van der Waals surface area (Å²) in [5.41, 5.74) is -0.660. The summed E-state index contributed by atoms with van der Waals surface area (Å²) in [6.07, 6.45) is 5.85. The van der Waals surface area contributed by atoms with Crippen LogP contribution in [0.5, 0.6) is 0 Å². The van der Waals surface area contributed by atoms with E-state index in [1.54, 1.807) is 0 Å². The molecular formula is C12H18N2O2. The summed E-state index contributed by atoms with van der Waals surface area (Å²) in [6, 6.07) is 0.358. The molecule has 3 aliphatic rings. The van der Waals surface area contributed by atoms with Crippen molar-refractivity contribution < 1.29 is 9.59 Å². The Morgan fingerprint density at radius 2 is 1.75 bits per heavy atom. The molecule has 1 saturated heterocycles. The zero-order valence-electron chi connectivity index (χ0n) is 9.50. The first-order chi connectivity index (χ1) is 7.72. The maximum atomic E-state index is 12.2. The van der Waals surface area contributed by atoms with E-state index in [0.29, 0.717) is 6.04 Å². The van der Waals surface area contributed by atoms with E-state index in [1.165, 1.54) is 0 Å². The summed E-state index contributed by atoms with van der Waals surface area (Å²) in [7, 11) is 0. The minimum absolute atomic E-state index is 0.00750.